The molecule has 0 spiro atoms. The van der Waals surface area contributed by atoms with Crippen LogP contribution in [-0.2, 0) is 14.4 Å². The summed E-state index contributed by atoms with van der Waals surface area (Å²) in [7, 11) is 0. The summed E-state index contributed by atoms with van der Waals surface area (Å²) in [6.07, 6.45) is 1.41. The van der Waals surface area contributed by atoms with Crippen molar-refractivity contribution in [3.63, 3.8) is 0 Å². The molecule has 1 aromatic carbocycles. The Balaban J connectivity index is 2.01. The average molecular weight is 345 g/mol. The summed E-state index contributed by atoms with van der Waals surface area (Å²) < 4.78 is 0. The maximum absolute atomic E-state index is 12.7. The molecule has 136 valence electrons. The molecule has 0 saturated carbocycles. The zero-order valence-electron chi connectivity index (χ0n) is 15.3. The van der Waals surface area contributed by atoms with E-state index >= 15 is 0 Å². The van der Waals surface area contributed by atoms with E-state index in [4.69, 9.17) is 0 Å². The molecule has 3 amide bonds. The van der Waals surface area contributed by atoms with Crippen LogP contribution in [0, 0.1) is 5.41 Å². The number of benzene rings is 1. The highest BCUT2D eigenvalue weighted by atomic mass is 16.2. The van der Waals surface area contributed by atoms with Gasteiger partial charge in [-0.3, -0.25) is 14.4 Å². The average Bonchev–Trinajstić information content (AvgIpc) is 3.03. The van der Waals surface area contributed by atoms with Gasteiger partial charge in [-0.2, -0.15) is 0 Å². The maximum Gasteiger partial charge on any atom is 0.247 e. The van der Waals surface area contributed by atoms with Gasteiger partial charge in [0.2, 0.25) is 17.7 Å². The van der Waals surface area contributed by atoms with Gasteiger partial charge < -0.3 is 15.5 Å². The van der Waals surface area contributed by atoms with Crippen LogP contribution < -0.4 is 10.6 Å². The van der Waals surface area contributed by atoms with Gasteiger partial charge >= 0.3 is 0 Å². The molecule has 0 bridgehead atoms. The van der Waals surface area contributed by atoms with Crippen molar-refractivity contribution >= 4 is 23.4 Å². The van der Waals surface area contributed by atoms with E-state index in [9.17, 15) is 14.4 Å². The molecule has 1 saturated heterocycles. The van der Waals surface area contributed by atoms with Gasteiger partial charge in [0.05, 0.1) is 0 Å². The fourth-order valence-electron chi connectivity index (χ4n) is 2.77. The SMILES string of the molecule is C[C@H](NC(=O)C(C)(C)C)C(=O)N1CCC[C@H]1C(=O)Nc1ccccc1. The Kier molecular flexibility index (Phi) is 5.82. The van der Waals surface area contributed by atoms with Crippen LogP contribution in [0.5, 0.6) is 0 Å². The van der Waals surface area contributed by atoms with Gasteiger partial charge in [-0.15, -0.1) is 0 Å². The summed E-state index contributed by atoms with van der Waals surface area (Å²) in [4.78, 5) is 38.9. The number of amides is 3. The highest BCUT2D eigenvalue weighted by Gasteiger charge is 2.37. The van der Waals surface area contributed by atoms with Crippen LogP contribution in [0.4, 0.5) is 5.69 Å². The number of likely N-dealkylation sites (tertiary alicyclic amines) is 1. The summed E-state index contributed by atoms with van der Waals surface area (Å²) in [5, 5.41) is 5.60. The second-order valence-corrected chi connectivity index (χ2v) is 7.49. The van der Waals surface area contributed by atoms with Crippen molar-refractivity contribution < 1.29 is 14.4 Å². The minimum Gasteiger partial charge on any atom is -0.344 e. The predicted octanol–water partition coefficient (Wildman–Crippen LogP) is 2.17. The molecule has 1 fully saturated rings. The van der Waals surface area contributed by atoms with Gasteiger partial charge in [0.25, 0.3) is 0 Å². The quantitative estimate of drug-likeness (QED) is 0.878. The summed E-state index contributed by atoms with van der Waals surface area (Å²) in [5.74, 6) is -0.590. The smallest absolute Gasteiger partial charge is 0.247 e. The molecule has 6 nitrogen and oxygen atoms in total. The molecule has 0 radical (unpaired) electrons. The molecule has 2 N–H and O–H groups in total. The first-order valence-electron chi connectivity index (χ1n) is 8.67. The van der Waals surface area contributed by atoms with Crippen LogP contribution >= 0.6 is 0 Å². The van der Waals surface area contributed by atoms with E-state index in [0.717, 1.165) is 6.42 Å². The largest absolute Gasteiger partial charge is 0.344 e. The number of nitrogens with zero attached hydrogens (tertiary/aromatic N) is 1. The third-order valence-corrected chi connectivity index (χ3v) is 4.28. The van der Waals surface area contributed by atoms with Gasteiger partial charge in [0, 0.05) is 17.6 Å². The Morgan fingerprint density at radius 3 is 2.40 bits per heavy atom. The van der Waals surface area contributed by atoms with Crippen LogP contribution in [0.25, 0.3) is 0 Å². The van der Waals surface area contributed by atoms with Crippen LogP contribution in [0.2, 0.25) is 0 Å². The number of rotatable bonds is 4. The Morgan fingerprint density at radius 2 is 1.80 bits per heavy atom. The van der Waals surface area contributed by atoms with E-state index < -0.39 is 17.5 Å². The van der Waals surface area contributed by atoms with Gasteiger partial charge in [-0.05, 0) is 31.9 Å². The normalized spacial score (nSPS) is 18.6. The predicted molar refractivity (Wildman–Crippen MR) is 96.9 cm³/mol. The topological polar surface area (TPSA) is 78.5 Å². The molecule has 1 aliphatic rings. The Morgan fingerprint density at radius 1 is 1.16 bits per heavy atom. The van der Waals surface area contributed by atoms with E-state index in [1.54, 1.807) is 32.6 Å². The highest BCUT2D eigenvalue weighted by Crippen LogP contribution is 2.21. The molecule has 25 heavy (non-hydrogen) atoms. The first-order valence-corrected chi connectivity index (χ1v) is 8.67. The lowest BCUT2D eigenvalue weighted by Crippen LogP contribution is -2.52. The van der Waals surface area contributed by atoms with E-state index in [1.807, 2.05) is 30.3 Å². The molecule has 2 rings (SSSR count). The number of carbonyl (C=O) groups excluding carboxylic acids is 3. The van der Waals surface area contributed by atoms with E-state index in [1.165, 1.54) is 0 Å². The fraction of sp³-hybridized carbons (Fsp3) is 0.526. The summed E-state index contributed by atoms with van der Waals surface area (Å²) in [5.41, 5.74) is 0.143. The third kappa shape index (κ3) is 4.81. The number of carbonyl (C=O) groups is 3. The highest BCUT2D eigenvalue weighted by molar-refractivity contribution is 5.98. The van der Waals surface area contributed by atoms with Gasteiger partial charge in [0.15, 0.2) is 0 Å². The zero-order valence-corrected chi connectivity index (χ0v) is 15.3. The van der Waals surface area contributed by atoms with Crippen LogP contribution in [0.1, 0.15) is 40.5 Å². The Bertz CT molecular complexity index is 637. The second-order valence-electron chi connectivity index (χ2n) is 7.49. The van der Waals surface area contributed by atoms with Crippen molar-refractivity contribution in [1.29, 1.82) is 0 Å². The second kappa shape index (κ2) is 7.68. The van der Waals surface area contributed by atoms with Crippen LogP contribution in [-0.4, -0.2) is 41.2 Å². The fourth-order valence-corrected chi connectivity index (χ4v) is 2.77. The first-order chi connectivity index (χ1) is 11.7. The molecule has 2 atom stereocenters. The monoisotopic (exact) mass is 345 g/mol. The molecule has 6 heteroatoms. The molecule has 0 unspecified atom stereocenters. The van der Waals surface area contributed by atoms with E-state index in [-0.39, 0.29) is 17.7 Å². The van der Waals surface area contributed by atoms with Gasteiger partial charge in [-0.25, -0.2) is 0 Å². The van der Waals surface area contributed by atoms with Crippen molar-refractivity contribution in [2.45, 2.75) is 52.6 Å². The Labute approximate surface area is 149 Å². The number of nitrogens with one attached hydrogen (secondary N) is 2. The number of hydrogen-bond acceptors (Lipinski definition) is 3. The van der Waals surface area contributed by atoms with Gasteiger partial charge in [0.1, 0.15) is 12.1 Å². The van der Waals surface area contributed by atoms with Crippen molar-refractivity contribution in [2.75, 3.05) is 11.9 Å². The lowest BCUT2D eigenvalue weighted by Gasteiger charge is -2.28. The lowest BCUT2D eigenvalue weighted by molar-refractivity contribution is -0.141. The van der Waals surface area contributed by atoms with Crippen molar-refractivity contribution in [3.8, 4) is 0 Å². The molecular formula is C19H27N3O3. The van der Waals surface area contributed by atoms with Gasteiger partial charge in [-0.1, -0.05) is 39.0 Å². The summed E-state index contributed by atoms with van der Waals surface area (Å²) in [6, 6.07) is 8.03. The minimum absolute atomic E-state index is 0.183. The third-order valence-electron chi connectivity index (χ3n) is 4.28. The van der Waals surface area contributed by atoms with Crippen molar-refractivity contribution in [1.82, 2.24) is 10.2 Å². The molecule has 0 aromatic heterocycles. The molecule has 1 aliphatic heterocycles. The van der Waals surface area contributed by atoms with Crippen molar-refractivity contribution in [2.24, 2.45) is 5.41 Å². The molecular weight excluding hydrogens is 318 g/mol. The summed E-state index contributed by atoms with van der Waals surface area (Å²) >= 11 is 0. The molecule has 0 aliphatic carbocycles. The maximum atomic E-state index is 12.7. The zero-order chi connectivity index (χ0) is 18.6. The number of para-hydroxylation sites is 1. The number of hydrogen-bond donors (Lipinski definition) is 2. The molecule has 1 heterocycles. The Hall–Kier alpha value is -2.37. The van der Waals surface area contributed by atoms with E-state index in [0.29, 0.717) is 18.7 Å². The lowest BCUT2D eigenvalue weighted by atomic mass is 9.95. The minimum atomic E-state index is -0.656. The molecule has 1 aromatic rings. The van der Waals surface area contributed by atoms with Crippen molar-refractivity contribution in [3.05, 3.63) is 30.3 Å². The summed E-state index contributed by atoms with van der Waals surface area (Å²) in [6.45, 7) is 7.58. The van der Waals surface area contributed by atoms with E-state index in [2.05, 4.69) is 10.6 Å². The van der Waals surface area contributed by atoms with Crippen LogP contribution in [0.15, 0.2) is 30.3 Å². The standard InChI is InChI=1S/C19H27N3O3/c1-13(20-18(25)19(2,3)4)17(24)22-12-8-11-15(22)16(23)21-14-9-6-5-7-10-14/h5-7,9-10,13,15H,8,11-12H2,1-4H3,(H,20,25)(H,21,23)/t13-,15-/m0/s1. The first kappa shape index (κ1) is 19.0. The van der Waals surface area contributed by atoms with Crippen LogP contribution in [0.3, 0.4) is 0 Å². The number of anilines is 1.